The number of rotatable bonds is 2. The van der Waals surface area contributed by atoms with Crippen molar-refractivity contribution in [2.45, 2.75) is 19.3 Å². The Morgan fingerprint density at radius 1 is 0.963 bits per heavy atom. The van der Waals surface area contributed by atoms with Crippen molar-refractivity contribution in [2.24, 2.45) is 0 Å². The minimum atomic E-state index is 0.770. The third-order valence-electron chi connectivity index (χ3n) is 5.53. The molecule has 0 amide bonds. The van der Waals surface area contributed by atoms with Crippen molar-refractivity contribution >= 4 is 38.8 Å². The third-order valence-corrected chi connectivity index (χ3v) is 6.73. The van der Waals surface area contributed by atoms with E-state index in [-0.39, 0.29) is 0 Å². The molecular weight excluding hydrogens is 360 g/mol. The molecule has 0 atom stereocenters. The van der Waals surface area contributed by atoms with Gasteiger partial charge in [0.15, 0.2) is 5.65 Å². The van der Waals surface area contributed by atoms with Gasteiger partial charge in [-0.15, -0.1) is 26.6 Å². The van der Waals surface area contributed by atoms with E-state index < -0.39 is 0 Å². The molecule has 4 aromatic rings. The lowest BCUT2D eigenvalue weighted by Gasteiger charge is -2.36. The second-order valence-electron chi connectivity index (χ2n) is 7.03. The van der Waals surface area contributed by atoms with E-state index in [1.165, 1.54) is 35.1 Å². The molecule has 136 valence electrons. The smallest absolute Gasteiger partial charge is 0.177 e. The summed E-state index contributed by atoms with van der Waals surface area (Å²) in [6, 6.07) is 3.98. The van der Waals surface area contributed by atoms with Crippen molar-refractivity contribution in [1.29, 1.82) is 0 Å². The van der Waals surface area contributed by atoms with Gasteiger partial charge in [-0.2, -0.15) is 4.52 Å². The van der Waals surface area contributed by atoms with E-state index in [2.05, 4.69) is 35.1 Å². The van der Waals surface area contributed by atoms with Crippen molar-refractivity contribution in [3.63, 3.8) is 0 Å². The second kappa shape index (κ2) is 5.85. The summed E-state index contributed by atoms with van der Waals surface area (Å²) in [5.41, 5.74) is 2.26. The highest BCUT2D eigenvalue weighted by molar-refractivity contribution is 7.19. The molecule has 0 radical (unpaired) electrons. The Morgan fingerprint density at radius 2 is 1.85 bits per heavy atom. The van der Waals surface area contributed by atoms with Gasteiger partial charge < -0.3 is 9.80 Å². The summed E-state index contributed by atoms with van der Waals surface area (Å²) in [5, 5.41) is 13.8. The zero-order valence-electron chi connectivity index (χ0n) is 14.7. The molecule has 8 nitrogen and oxygen atoms in total. The SMILES string of the molecule is c1nc(N2CCN(c3ccc4nncn4n3)CC2)c2c3c(sc2n1)CCC3. The molecule has 6 rings (SSSR count). The number of piperazine rings is 1. The van der Waals surface area contributed by atoms with Crippen LogP contribution in [0.1, 0.15) is 16.9 Å². The van der Waals surface area contributed by atoms with E-state index in [1.807, 2.05) is 23.5 Å². The summed E-state index contributed by atoms with van der Waals surface area (Å²) >= 11 is 1.85. The summed E-state index contributed by atoms with van der Waals surface area (Å²) in [6.45, 7) is 3.69. The summed E-state index contributed by atoms with van der Waals surface area (Å²) in [7, 11) is 0. The number of thiophene rings is 1. The molecule has 0 saturated carbocycles. The van der Waals surface area contributed by atoms with Crippen LogP contribution in [-0.4, -0.2) is 56.0 Å². The summed E-state index contributed by atoms with van der Waals surface area (Å²) in [6.07, 6.45) is 6.98. The first-order chi connectivity index (χ1) is 13.4. The first kappa shape index (κ1) is 15.3. The fourth-order valence-corrected chi connectivity index (χ4v) is 5.41. The second-order valence-corrected chi connectivity index (χ2v) is 8.12. The maximum absolute atomic E-state index is 4.68. The Kier molecular flexibility index (Phi) is 3.31. The zero-order chi connectivity index (χ0) is 17.8. The molecule has 0 N–H and O–H groups in total. The van der Waals surface area contributed by atoms with Gasteiger partial charge in [0.1, 0.15) is 29.1 Å². The van der Waals surface area contributed by atoms with Gasteiger partial charge in [-0.05, 0) is 37.0 Å². The lowest BCUT2D eigenvalue weighted by atomic mass is 10.1. The standard InChI is InChI=1S/C18H18N8S/c1-2-12-13(3-1)27-18-16(12)17(19-10-20-18)25-8-6-24(7-9-25)15-5-4-14-22-21-11-26(14)23-15/h4-5,10-11H,1-3,6-9H2. The molecule has 9 heteroatoms. The fraction of sp³-hybridized carbons (Fsp3) is 0.389. The number of aromatic nitrogens is 6. The van der Waals surface area contributed by atoms with Crippen LogP contribution in [0.15, 0.2) is 24.8 Å². The molecule has 0 bridgehead atoms. The van der Waals surface area contributed by atoms with Crippen LogP contribution in [0.25, 0.3) is 15.9 Å². The van der Waals surface area contributed by atoms with Crippen LogP contribution in [0.4, 0.5) is 11.6 Å². The van der Waals surface area contributed by atoms with Gasteiger partial charge in [-0.1, -0.05) is 0 Å². The molecule has 5 heterocycles. The van der Waals surface area contributed by atoms with Crippen LogP contribution in [0.5, 0.6) is 0 Å². The van der Waals surface area contributed by atoms with Gasteiger partial charge >= 0.3 is 0 Å². The van der Waals surface area contributed by atoms with Crippen LogP contribution >= 0.6 is 11.3 Å². The highest BCUT2D eigenvalue weighted by Crippen LogP contribution is 2.40. The number of hydrogen-bond acceptors (Lipinski definition) is 8. The average Bonchev–Trinajstić information content (AvgIpc) is 3.42. The van der Waals surface area contributed by atoms with Gasteiger partial charge in [0.2, 0.25) is 0 Å². The lowest BCUT2D eigenvalue weighted by Crippen LogP contribution is -2.47. The van der Waals surface area contributed by atoms with Crippen molar-refractivity contribution in [3.8, 4) is 0 Å². The van der Waals surface area contributed by atoms with Crippen molar-refractivity contribution < 1.29 is 0 Å². The number of fused-ring (bicyclic) bond motifs is 4. The zero-order valence-corrected chi connectivity index (χ0v) is 15.6. The fourth-order valence-electron chi connectivity index (χ4n) is 4.19. The summed E-state index contributed by atoms with van der Waals surface area (Å²) < 4.78 is 1.73. The Bertz CT molecular complexity index is 1140. The maximum Gasteiger partial charge on any atom is 0.177 e. The van der Waals surface area contributed by atoms with Gasteiger partial charge in [-0.3, -0.25) is 0 Å². The molecule has 1 aliphatic carbocycles. The number of aryl methyl sites for hydroxylation is 2. The normalized spacial score (nSPS) is 17.2. The van der Waals surface area contributed by atoms with E-state index in [0.717, 1.165) is 48.3 Å². The largest absolute Gasteiger partial charge is 0.352 e. The topological polar surface area (TPSA) is 75.3 Å². The van der Waals surface area contributed by atoms with E-state index in [9.17, 15) is 0 Å². The third kappa shape index (κ3) is 2.38. The monoisotopic (exact) mass is 378 g/mol. The minimum Gasteiger partial charge on any atom is -0.352 e. The Balaban J connectivity index is 1.28. The molecule has 1 aliphatic heterocycles. The van der Waals surface area contributed by atoms with Crippen LogP contribution in [0.3, 0.4) is 0 Å². The average molecular weight is 378 g/mol. The molecular formula is C18H18N8S. The van der Waals surface area contributed by atoms with Crippen LogP contribution in [-0.2, 0) is 12.8 Å². The molecule has 2 aliphatic rings. The predicted octanol–water partition coefficient (Wildman–Crippen LogP) is 1.94. The molecule has 0 aromatic carbocycles. The number of anilines is 2. The molecule has 0 spiro atoms. The first-order valence-electron chi connectivity index (χ1n) is 9.29. The quantitative estimate of drug-likeness (QED) is 0.528. The number of nitrogens with zero attached hydrogens (tertiary/aromatic N) is 8. The lowest BCUT2D eigenvalue weighted by molar-refractivity contribution is 0.637. The van der Waals surface area contributed by atoms with Crippen molar-refractivity contribution in [2.75, 3.05) is 36.0 Å². The number of hydrogen-bond donors (Lipinski definition) is 0. The van der Waals surface area contributed by atoms with Crippen LogP contribution in [0.2, 0.25) is 0 Å². The van der Waals surface area contributed by atoms with Crippen LogP contribution < -0.4 is 9.80 Å². The van der Waals surface area contributed by atoms with Gasteiger partial charge in [-0.25, -0.2) is 9.97 Å². The Morgan fingerprint density at radius 3 is 2.78 bits per heavy atom. The van der Waals surface area contributed by atoms with E-state index in [0.29, 0.717) is 0 Å². The van der Waals surface area contributed by atoms with Gasteiger partial charge in [0.05, 0.1) is 5.39 Å². The summed E-state index contributed by atoms with van der Waals surface area (Å²) in [5.74, 6) is 2.08. The van der Waals surface area contributed by atoms with Gasteiger partial charge in [0.25, 0.3) is 0 Å². The van der Waals surface area contributed by atoms with Crippen LogP contribution in [0, 0.1) is 0 Å². The first-order valence-corrected chi connectivity index (χ1v) is 10.1. The molecule has 0 unspecified atom stereocenters. The van der Waals surface area contributed by atoms with Crippen molar-refractivity contribution in [3.05, 3.63) is 35.2 Å². The van der Waals surface area contributed by atoms with E-state index in [1.54, 1.807) is 17.2 Å². The maximum atomic E-state index is 4.68. The molecule has 4 aromatic heterocycles. The molecule has 27 heavy (non-hydrogen) atoms. The highest BCUT2D eigenvalue weighted by atomic mass is 32.1. The molecule has 1 saturated heterocycles. The molecule has 1 fully saturated rings. The highest BCUT2D eigenvalue weighted by Gasteiger charge is 2.26. The Labute approximate surface area is 159 Å². The van der Waals surface area contributed by atoms with Gasteiger partial charge in [0, 0.05) is 31.1 Å². The Hall–Kier alpha value is -2.81. The van der Waals surface area contributed by atoms with E-state index >= 15 is 0 Å². The minimum absolute atomic E-state index is 0.770. The summed E-state index contributed by atoms with van der Waals surface area (Å²) in [4.78, 5) is 16.6. The van der Waals surface area contributed by atoms with E-state index in [4.69, 9.17) is 0 Å². The van der Waals surface area contributed by atoms with Crippen molar-refractivity contribution in [1.82, 2.24) is 29.8 Å². The predicted molar refractivity (Wildman–Crippen MR) is 105 cm³/mol.